The predicted molar refractivity (Wildman–Crippen MR) is 134 cm³/mol. The van der Waals surface area contributed by atoms with Gasteiger partial charge >= 0.3 is 5.97 Å². The van der Waals surface area contributed by atoms with Crippen LogP contribution >= 0.6 is 0 Å². The molecule has 32 heavy (non-hydrogen) atoms. The lowest BCUT2D eigenvalue weighted by molar-refractivity contribution is -0.217. The number of carbonyl (C=O) groups is 1. The highest BCUT2D eigenvalue weighted by atomic mass is 19.1. The minimum Gasteiger partial charge on any atom is -0.481 e. The molecule has 0 aliphatic heterocycles. The Kier molecular flexibility index (Phi) is 13.6. The van der Waals surface area contributed by atoms with Gasteiger partial charge in [0.15, 0.2) is 0 Å². The molecular formula is C29H51FO2. The molecule has 0 aromatic rings. The van der Waals surface area contributed by atoms with Gasteiger partial charge in [0, 0.05) is 6.42 Å². The minimum atomic E-state index is -0.708. The van der Waals surface area contributed by atoms with Crippen LogP contribution in [0.2, 0.25) is 0 Å². The number of carboxylic acid groups (broad SMARTS) is 1. The summed E-state index contributed by atoms with van der Waals surface area (Å²) in [6.07, 6.45) is 33.6. The third-order valence-electron chi connectivity index (χ3n) is 7.83. The molecule has 186 valence electrons. The zero-order chi connectivity index (χ0) is 23.0. The quantitative estimate of drug-likeness (QED) is 0.124. The number of rotatable bonds is 23. The van der Waals surface area contributed by atoms with Crippen molar-refractivity contribution >= 4 is 5.97 Å². The van der Waals surface area contributed by atoms with E-state index in [1.54, 1.807) is 0 Å². The van der Waals surface area contributed by atoms with Gasteiger partial charge in [-0.2, -0.15) is 0 Å². The summed E-state index contributed by atoms with van der Waals surface area (Å²) in [6, 6.07) is 0. The molecule has 0 radical (unpaired) electrons. The third-order valence-corrected chi connectivity index (χ3v) is 7.83. The van der Waals surface area contributed by atoms with Crippen LogP contribution in [0, 0.1) is 5.41 Å². The molecule has 2 bridgehead atoms. The fourth-order valence-corrected chi connectivity index (χ4v) is 5.96. The van der Waals surface area contributed by atoms with E-state index in [4.69, 9.17) is 5.11 Å². The smallest absolute Gasteiger partial charge is 0.303 e. The third kappa shape index (κ3) is 11.8. The second-order valence-electron chi connectivity index (χ2n) is 11.1. The van der Waals surface area contributed by atoms with Crippen LogP contribution in [0.15, 0.2) is 12.2 Å². The molecule has 3 fully saturated rings. The van der Waals surface area contributed by atoms with Gasteiger partial charge in [-0.05, 0) is 63.2 Å². The second-order valence-corrected chi connectivity index (χ2v) is 11.1. The maximum Gasteiger partial charge on any atom is 0.303 e. The zero-order valence-corrected chi connectivity index (χ0v) is 20.9. The first-order valence-electron chi connectivity index (χ1n) is 14.1. The number of hydrogen-bond donors (Lipinski definition) is 1. The number of alkyl halides is 1. The average Bonchev–Trinajstić information content (AvgIpc) is 2.71. The van der Waals surface area contributed by atoms with Crippen LogP contribution in [-0.2, 0) is 4.79 Å². The summed E-state index contributed by atoms with van der Waals surface area (Å²) in [6.45, 7) is 0. The van der Waals surface area contributed by atoms with E-state index in [1.807, 2.05) is 0 Å². The zero-order valence-electron chi connectivity index (χ0n) is 20.9. The van der Waals surface area contributed by atoms with E-state index >= 15 is 0 Å². The summed E-state index contributed by atoms with van der Waals surface area (Å²) >= 11 is 0. The number of aliphatic carboxylic acids is 1. The van der Waals surface area contributed by atoms with Crippen LogP contribution in [-0.4, -0.2) is 16.7 Å². The lowest BCUT2D eigenvalue weighted by Crippen LogP contribution is -2.64. The van der Waals surface area contributed by atoms with Gasteiger partial charge in [0.1, 0.15) is 5.67 Å². The second kappa shape index (κ2) is 15.9. The summed E-state index contributed by atoms with van der Waals surface area (Å²) in [4.78, 5) is 10.4. The number of carboxylic acids is 1. The fourth-order valence-electron chi connectivity index (χ4n) is 5.96. The van der Waals surface area contributed by atoms with Crippen molar-refractivity contribution in [3.8, 4) is 0 Å². The first-order valence-corrected chi connectivity index (χ1v) is 14.1. The monoisotopic (exact) mass is 450 g/mol. The molecule has 0 amide bonds. The van der Waals surface area contributed by atoms with Crippen LogP contribution < -0.4 is 0 Å². The molecule has 3 saturated carbocycles. The standard InChI is InChI=1S/C29H51FO2/c30-29-24-28(25-29,26-29)23-21-19-17-15-13-11-9-7-5-3-1-2-4-6-8-10-12-14-16-18-20-22-27(31)32/h7,9H,1-6,8,10-26H2,(H,31,32). The lowest BCUT2D eigenvalue weighted by Gasteiger charge is -2.66. The van der Waals surface area contributed by atoms with Crippen molar-refractivity contribution in [1.82, 2.24) is 0 Å². The van der Waals surface area contributed by atoms with E-state index in [0.29, 0.717) is 11.8 Å². The van der Waals surface area contributed by atoms with E-state index in [9.17, 15) is 9.18 Å². The highest BCUT2D eigenvalue weighted by molar-refractivity contribution is 5.66. The lowest BCUT2D eigenvalue weighted by atomic mass is 9.41. The Balaban J connectivity index is 1.19. The van der Waals surface area contributed by atoms with Gasteiger partial charge in [0.2, 0.25) is 0 Å². The molecule has 3 aliphatic carbocycles. The molecule has 2 nitrogen and oxygen atoms in total. The highest BCUT2D eigenvalue weighted by Crippen LogP contribution is 2.71. The minimum absolute atomic E-state index is 0.335. The molecule has 0 aromatic heterocycles. The summed E-state index contributed by atoms with van der Waals surface area (Å²) in [5.41, 5.74) is -0.246. The molecule has 0 aromatic carbocycles. The van der Waals surface area contributed by atoms with Crippen molar-refractivity contribution in [2.75, 3.05) is 0 Å². The van der Waals surface area contributed by atoms with E-state index < -0.39 is 11.6 Å². The Labute approximate surface area is 197 Å². The number of allylic oxidation sites excluding steroid dienone is 2. The van der Waals surface area contributed by atoms with E-state index in [1.165, 1.54) is 116 Å². The molecule has 0 heterocycles. The highest BCUT2D eigenvalue weighted by Gasteiger charge is 2.68. The van der Waals surface area contributed by atoms with Gasteiger partial charge < -0.3 is 5.11 Å². The number of hydrogen-bond acceptors (Lipinski definition) is 1. The van der Waals surface area contributed by atoms with Crippen LogP contribution in [0.5, 0.6) is 0 Å². The largest absolute Gasteiger partial charge is 0.481 e. The molecular weight excluding hydrogens is 399 g/mol. The number of unbranched alkanes of at least 4 members (excludes halogenated alkanes) is 17. The van der Waals surface area contributed by atoms with Gasteiger partial charge in [-0.15, -0.1) is 0 Å². The summed E-state index contributed by atoms with van der Waals surface area (Å²) in [7, 11) is 0. The first-order chi connectivity index (χ1) is 15.5. The Bertz CT molecular complexity index is 507. The molecule has 3 aliphatic rings. The molecule has 3 heteroatoms. The Hall–Kier alpha value is -0.860. The van der Waals surface area contributed by atoms with Crippen LogP contribution in [0.4, 0.5) is 4.39 Å². The molecule has 3 rings (SSSR count). The Morgan fingerprint density at radius 3 is 1.41 bits per heavy atom. The Morgan fingerprint density at radius 1 is 0.625 bits per heavy atom. The van der Waals surface area contributed by atoms with E-state index in [2.05, 4.69) is 12.2 Å². The SMILES string of the molecule is O=C(O)CCCCCCCCCCCCCCC=CCCCCCCCC12CC(F)(C1)C2. The Morgan fingerprint density at radius 2 is 1.00 bits per heavy atom. The molecule has 0 spiro atoms. The van der Waals surface area contributed by atoms with E-state index in [-0.39, 0.29) is 0 Å². The molecule has 0 unspecified atom stereocenters. The van der Waals surface area contributed by atoms with Crippen molar-refractivity contribution in [1.29, 1.82) is 0 Å². The van der Waals surface area contributed by atoms with Gasteiger partial charge in [-0.1, -0.05) is 102 Å². The van der Waals surface area contributed by atoms with Gasteiger partial charge in [-0.25, -0.2) is 4.39 Å². The van der Waals surface area contributed by atoms with Crippen molar-refractivity contribution in [3.63, 3.8) is 0 Å². The van der Waals surface area contributed by atoms with Crippen molar-refractivity contribution in [2.45, 2.75) is 160 Å². The van der Waals surface area contributed by atoms with Crippen LogP contribution in [0.1, 0.15) is 154 Å². The number of halogens is 1. The maximum atomic E-state index is 13.5. The van der Waals surface area contributed by atoms with Crippen molar-refractivity contribution < 1.29 is 14.3 Å². The van der Waals surface area contributed by atoms with Crippen LogP contribution in [0.25, 0.3) is 0 Å². The normalized spacial score (nSPS) is 23.9. The fraction of sp³-hybridized carbons (Fsp3) is 0.897. The topological polar surface area (TPSA) is 37.3 Å². The molecule has 0 saturated heterocycles. The average molecular weight is 451 g/mol. The molecule has 1 N–H and O–H groups in total. The van der Waals surface area contributed by atoms with Crippen molar-refractivity contribution in [3.05, 3.63) is 12.2 Å². The molecule has 0 atom stereocenters. The van der Waals surface area contributed by atoms with Crippen molar-refractivity contribution in [2.24, 2.45) is 5.41 Å². The first kappa shape index (κ1) is 27.4. The predicted octanol–water partition coefficient (Wildman–Crippen LogP) is 9.71. The van der Waals surface area contributed by atoms with Gasteiger partial charge in [0.25, 0.3) is 0 Å². The van der Waals surface area contributed by atoms with Gasteiger partial charge in [0.05, 0.1) is 0 Å². The summed E-state index contributed by atoms with van der Waals surface area (Å²) < 4.78 is 13.5. The van der Waals surface area contributed by atoms with Gasteiger partial charge in [-0.3, -0.25) is 4.79 Å². The summed E-state index contributed by atoms with van der Waals surface area (Å²) in [5.74, 6) is -0.659. The van der Waals surface area contributed by atoms with Crippen LogP contribution in [0.3, 0.4) is 0 Å². The summed E-state index contributed by atoms with van der Waals surface area (Å²) in [5, 5.41) is 8.60. The van der Waals surface area contributed by atoms with E-state index in [0.717, 1.165) is 32.1 Å². The maximum absolute atomic E-state index is 13.5.